The predicted molar refractivity (Wildman–Crippen MR) is 149 cm³/mol. The van der Waals surface area contributed by atoms with Crippen molar-refractivity contribution in [1.29, 1.82) is 0 Å². The van der Waals surface area contributed by atoms with E-state index in [9.17, 15) is 23.7 Å². The molecule has 23 nitrogen and oxygen atoms in total. The van der Waals surface area contributed by atoms with Crippen molar-refractivity contribution in [3.05, 3.63) is 23.0 Å². The van der Waals surface area contributed by atoms with Crippen LogP contribution >= 0.6 is 15.6 Å². The molecule has 3 aliphatic heterocycles. The molecule has 2 bridgehead atoms. The van der Waals surface area contributed by atoms with Crippen LogP contribution in [-0.2, 0) is 41.4 Å². The standard InChI is InChI=1S/C21H27N11O12P2/c1-7-12-8(41-19(7)32-5-24-10-15(22)28-30-29-17(10)32)3-39-46(36,37)44-14-13(38-2)9(4-40-45(34,35)43-12)42-20(14)31-6-25-11-16(31)26-21(23)27-18(11)33/h5-9,12-14,19-20H,3-4H2,1-2H3,(H,34,35)(H,36,37)(H2,22,28,29)(H3,23,26,27,33)/t7-,8-,9-,12+,13-,14-,19-,20-/m1/s1. The third kappa shape index (κ3) is 5.38. The van der Waals surface area contributed by atoms with Crippen LogP contribution in [0, 0.1) is 5.92 Å². The lowest BCUT2D eigenvalue weighted by Crippen LogP contribution is -2.37. The lowest BCUT2D eigenvalue weighted by molar-refractivity contribution is -0.0672. The fourth-order valence-electron chi connectivity index (χ4n) is 5.78. The van der Waals surface area contributed by atoms with Crippen molar-refractivity contribution in [2.45, 2.75) is 49.9 Å². The number of H-pyrrole nitrogens is 1. The number of aromatic nitrogens is 9. The third-order valence-electron chi connectivity index (χ3n) is 7.82. The topological polar surface area (TPSA) is 311 Å². The highest BCUT2D eigenvalue weighted by Gasteiger charge is 2.54. The summed E-state index contributed by atoms with van der Waals surface area (Å²) in [6, 6.07) is 0. The molecule has 3 fully saturated rings. The Labute approximate surface area is 256 Å². The van der Waals surface area contributed by atoms with E-state index in [4.69, 9.17) is 43.8 Å². The number of anilines is 2. The molecule has 7 heterocycles. The van der Waals surface area contributed by atoms with Gasteiger partial charge < -0.3 is 35.5 Å². The summed E-state index contributed by atoms with van der Waals surface area (Å²) in [5.41, 5.74) is 11.2. The summed E-state index contributed by atoms with van der Waals surface area (Å²) in [6.45, 7) is 0.387. The van der Waals surface area contributed by atoms with Gasteiger partial charge in [0.25, 0.3) is 5.56 Å². The zero-order valence-corrected chi connectivity index (χ0v) is 25.6. The minimum Gasteiger partial charge on any atom is -0.380 e. The Kier molecular flexibility index (Phi) is 7.68. The Balaban J connectivity index is 1.22. The van der Waals surface area contributed by atoms with E-state index in [1.54, 1.807) is 6.92 Å². The predicted octanol–water partition coefficient (Wildman–Crippen LogP) is -1.02. The van der Waals surface area contributed by atoms with Crippen LogP contribution in [0.25, 0.3) is 22.3 Å². The summed E-state index contributed by atoms with van der Waals surface area (Å²) >= 11 is 0. The number of phosphoric ester groups is 2. The summed E-state index contributed by atoms with van der Waals surface area (Å²) in [5.74, 6) is -0.927. The van der Waals surface area contributed by atoms with Gasteiger partial charge in [0.2, 0.25) is 5.95 Å². The fraction of sp³-hybridized carbons (Fsp3) is 0.571. The molecular formula is C21H27N11O12P2. The molecule has 0 spiro atoms. The van der Waals surface area contributed by atoms with Crippen molar-refractivity contribution in [2.75, 3.05) is 31.8 Å². The van der Waals surface area contributed by atoms with Gasteiger partial charge in [-0.2, -0.15) is 4.98 Å². The molecule has 0 saturated carbocycles. The monoisotopic (exact) mass is 687 g/mol. The number of phosphoric acid groups is 2. The highest BCUT2D eigenvalue weighted by Crippen LogP contribution is 2.54. The SMILES string of the molecule is CO[C@H]1[C@H]2OP(=O)(O)OC[C@H]3O[C@@H](n4cnc5c(N)nnnc54)[C@H](C)[C@@H]3OP(=O)(O)OC[C@H]1O[C@H]2n1cnc2c(=O)[nH]c(N)nc21. The molecule has 248 valence electrons. The van der Waals surface area contributed by atoms with Crippen molar-refractivity contribution in [3.63, 3.8) is 0 Å². The fourth-order valence-corrected chi connectivity index (χ4v) is 7.74. The molecule has 0 amide bonds. The van der Waals surface area contributed by atoms with Crippen LogP contribution in [0.15, 0.2) is 17.4 Å². The maximum absolute atomic E-state index is 13.4. The van der Waals surface area contributed by atoms with Crippen LogP contribution in [0.2, 0.25) is 0 Å². The molecule has 3 saturated heterocycles. The van der Waals surface area contributed by atoms with Crippen LogP contribution in [0.4, 0.5) is 11.8 Å². The van der Waals surface area contributed by atoms with Crippen molar-refractivity contribution < 1.29 is 51.2 Å². The lowest BCUT2D eigenvalue weighted by atomic mass is 10.0. The Hall–Kier alpha value is -3.47. The maximum Gasteiger partial charge on any atom is 0.472 e. The minimum absolute atomic E-state index is 0.0161. The van der Waals surface area contributed by atoms with Crippen molar-refractivity contribution in [3.8, 4) is 0 Å². The smallest absolute Gasteiger partial charge is 0.380 e. The molecule has 25 heteroatoms. The zero-order chi connectivity index (χ0) is 32.5. The maximum atomic E-state index is 13.4. The molecular weight excluding hydrogens is 660 g/mol. The van der Waals surface area contributed by atoms with Gasteiger partial charge in [-0.05, 0) is 5.21 Å². The molecule has 0 aliphatic carbocycles. The van der Waals surface area contributed by atoms with Gasteiger partial charge in [0.15, 0.2) is 34.4 Å². The average Bonchev–Trinajstić information content (AvgIpc) is 3.75. The quantitative estimate of drug-likeness (QED) is 0.161. The van der Waals surface area contributed by atoms with Crippen molar-refractivity contribution >= 4 is 49.7 Å². The van der Waals surface area contributed by atoms with E-state index in [1.165, 1.54) is 28.9 Å². The number of ether oxygens (including phenoxy) is 3. The Bertz CT molecular complexity index is 1950. The van der Waals surface area contributed by atoms with E-state index >= 15 is 0 Å². The summed E-state index contributed by atoms with van der Waals surface area (Å²) in [5, 5.41) is 11.2. The molecule has 46 heavy (non-hydrogen) atoms. The summed E-state index contributed by atoms with van der Waals surface area (Å²) in [7, 11) is -8.59. The number of hydrogen-bond donors (Lipinski definition) is 5. The van der Waals surface area contributed by atoms with Crippen molar-refractivity contribution in [2.24, 2.45) is 5.92 Å². The minimum atomic E-state index is -4.98. The number of nitrogens with two attached hydrogens (primary N) is 2. The Morgan fingerprint density at radius 1 is 0.935 bits per heavy atom. The van der Waals surface area contributed by atoms with Crippen LogP contribution in [0.1, 0.15) is 19.4 Å². The van der Waals surface area contributed by atoms with Gasteiger partial charge in [-0.15, -0.1) is 10.2 Å². The number of fused-ring (bicyclic) bond motifs is 5. The first kappa shape index (κ1) is 31.1. The molecule has 0 aromatic carbocycles. The van der Waals surface area contributed by atoms with Gasteiger partial charge in [0.05, 0.1) is 25.9 Å². The number of hydrogen-bond acceptors (Lipinski definition) is 18. The second-order valence-corrected chi connectivity index (χ2v) is 13.4. The van der Waals surface area contributed by atoms with E-state index < -0.39 is 83.3 Å². The second kappa shape index (κ2) is 11.3. The summed E-state index contributed by atoms with van der Waals surface area (Å²) < 4.78 is 68.9. The van der Waals surface area contributed by atoms with Gasteiger partial charge in [-0.3, -0.25) is 37.0 Å². The van der Waals surface area contributed by atoms with E-state index in [-0.39, 0.29) is 34.1 Å². The van der Waals surface area contributed by atoms with Gasteiger partial charge in [-0.1, -0.05) is 6.92 Å². The van der Waals surface area contributed by atoms with E-state index in [1.807, 2.05) is 0 Å². The van der Waals surface area contributed by atoms with Gasteiger partial charge in [-0.25, -0.2) is 19.1 Å². The van der Waals surface area contributed by atoms with Gasteiger partial charge >= 0.3 is 15.6 Å². The number of nitrogens with one attached hydrogen (secondary N) is 1. The van der Waals surface area contributed by atoms with E-state index in [2.05, 4.69) is 35.3 Å². The Morgan fingerprint density at radius 3 is 2.28 bits per heavy atom. The van der Waals surface area contributed by atoms with Crippen LogP contribution < -0.4 is 17.0 Å². The average molecular weight is 687 g/mol. The lowest BCUT2D eigenvalue weighted by Gasteiger charge is -2.26. The number of rotatable bonds is 3. The number of methoxy groups -OCH3 is 1. The molecule has 7 rings (SSSR count). The largest absolute Gasteiger partial charge is 0.472 e. The highest BCUT2D eigenvalue weighted by atomic mass is 31.2. The first-order valence-corrected chi connectivity index (χ1v) is 16.5. The van der Waals surface area contributed by atoms with Gasteiger partial charge in [0.1, 0.15) is 36.7 Å². The second-order valence-electron chi connectivity index (χ2n) is 10.6. The van der Waals surface area contributed by atoms with Crippen LogP contribution in [-0.4, -0.2) is 105 Å². The van der Waals surface area contributed by atoms with Crippen LogP contribution in [0.5, 0.6) is 0 Å². The molecule has 2 unspecified atom stereocenters. The summed E-state index contributed by atoms with van der Waals surface area (Å²) in [6.07, 6.45) is -5.95. The van der Waals surface area contributed by atoms with E-state index in [0.29, 0.717) is 0 Å². The number of nitrogen functional groups attached to an aromatic ring is 2. The van der Waals surface area contributed by atoms with Crippen molar-refractivity contribution in [1.82, 2.24) is 44.5 Å². The Morgan fingerprint density at radius 2 is 1.57 bits per heavy atom. The summed E-state index contributed by atoms with van der Waals surface area (Å²) in [4.78, 5) is 48.7. The first-order valence-electron chi connectivity index (χ1n) is 13.5. The number of aromatic amines is 1. The van der Waals surface area contributed by atoms with E-state index in [0.717, 1.165) is 0 Å². The zero-order valence-electron chi connectivity index (χ0n) is 23.8. The normalized spacial score (nSPS) is 37.1. The number of imidazole rings is 2. The highest BCUT2D eigenvalue weighted by molar-refractivity contribution is 7.47. The molecule has 4 aromatic heterocycles. The third-order valence-corrected chi connectivity index (χ3v) is 9.79. The van der Waals surface area contributed by atoms with Crippen LogP contribution in [0.3, 0.4) is 0 Å². The molecule has 7 N–H and O–H groups in total. The van der Waals surface area contributed by atoms with Gasteiger partial charge in [0, 0.05) is 13.0 Å². The molecule has 3 aliphatic rings. The molecule has 4 aromatic rings. The number of nitrogens with zero attached hydrogens (tertiary/aromatic N) is 8. The molecule has 0 radical (unpaired) electrons. The first-order chi connectivity index (χ1) is 21.9. The molecule has 10 atom stereocenters.